The van der Waals surface area contributed by atoms with Crippen molar-refractivity contribution in [2.24, 2.45) is 0 Å². The second-order valence-corrected chi connectivity index (χ2v) is 10.6. The molecule has 3 aromatic rings. The van der Waals surface area contributed by atoms with Crippen molar-refractivity contribution in [3.05, 3.63) is 69.7 Å². The van der Waals surface area contributed by atoms with E-state index in [1.54, 1.807) is 0 Å². The van der Waals surface area contributed by atoms with Crippen molar-refractivity contribution in [1.82, 2.24) is 19.8 Å². The van der Waals surface area contributed by atoms with E-state index in [0.717, 1.165) is 41.8 Å². The van der Waals surface area contributed by atoms with Crippen LogP contribution >= 0.6 is 0 Å². The summed E-state index contributed by atoms with van der Waals surface area (Å²) in [5.74, 6) is -1.48. The Hall–Kier alpha value is -3.92. The van der Waals surface area contributed by atoms with Gasteiger partial charge in [0.25, 0.3) is 11.6 Å². The summed E-state index contributed by atoms with van der Waals surface area (Å²) in [6.07, 6.45) is 1.58. The number of methoxy groups -OCH3 is 1. The highest BCUT2D eigenvalue weighted by atomic mass is 32.2. The molecule has 214 valence electrons. The van der Waals surface area contributed by atoms with Gasteiger partial charge in [0.1, 0.15) is 16.5 Å². The minimum Gasteiger partial charge on any atom is -0.437 e. The minimum absolute atomic E-state index is 0.0400. The molecule has 2 aromatic carbocycles. The van der Waals surface area contributed by atoms with Crippen LogP contribution < -0.4 is 14.8 Å². The molecule has 0 saturated carbocycles. The van der Waals surface area contributed by atoms with E-state index in [1.165, 1.54) is 32.2 Å². The van der Waals surface area contributed by atoms with Gasteiger partial charge in [-0.3, -0.25) is 14.9 Å². The molecule has 13 nitrogen and oxygen atoms in total. The molecule has 0 bridgehead atoms. The predicted octanol–water partition coefficient (Wildman–Crippen LogP) is 2.85. The van der Waals surface area contributed by atoms with Gasteiger partial charge < -0.3 is 19.5 Å². The Morgan fingerprint density at radius 2 is 2.10 bits per heavy atom. The highest BCUT2D eigenvalue weighted by Crippen LogP contribution is 2.35. The maximum Gasteiger partial charge on any atom is 0.272 e. The van der Waals surface area contributed by atoms with Crippen LogP contribution in [0.2, 0.25) is 0 Å². The maximum absolute atomic E-state index is 14.1. The average Bonchev–Trinajstić information content (AvgIpc) is 3.56. The minimum atomic E-state index is -4.31. The first-order valence-corrected chi connectivity index (χ1v) is 13.8. The third-order valence-electron chi connectivity index (χ3n) is 6.08. The molecule has 1 aliphatic heterocycles. The first-order chi connectivity index (χ1) is 19.1. The second kappa shape index (κ2) is 12.5. The first kappa shape index (κ1) is 29.1. The Morgan fingerprint density at radius 1 is 1.30 bits per heavy atom. The maximum atomic E-state index is 14.1. The Balaban J connectivity index is 1.77. The molecule has 2 N–H and O–H groups in total. The molecule has 4 rings (SSSR count). The molecular weight excluding hydrogens is 549 g/mol. The van der Waals surface area contributed by atoms with E-state index in [-0.39, 0.29) is 54.4 Å². The number of non-ortho nitro benzene ring substituents is 1. The van der Waals surface area contributed by atoms with Crippen molar-refractivity contribution in [1.29, 1.82) is 0 Å². The zero-order valence-electron chi connectivity index (χ0n) is 21.8. The molecule has 1 unspecified atom stereocenters. The number of hydrogen-bond donors (Lipinski definition) is 2. The molecule has 1 saturated heterocycles. The lowest BCUT2D eigenvalue weighted by Crippen LogP contribution is -2.32. The Kier molecular flexibility index (Phi) is 9.09. The van der Waals surface area contributed by atoms with E-state index in [9.17, 15) is 27.7 Å². The third kappa shape index (κ3) is 6.62. The number of benzene rings is 2. The van der Waals surface area contributed by atoms with E-state index in [4.69, 9.17) is 14.2 Å². The number of halogens is 1. The smallest absolute Gasteiger partial charge is 0.272 e. The monoisotopic (exact) mass is 577 g/mol. The summed E-state index contributed by atoms with van der Waals surface area (Å²) in [7, 11) is -2.92. The Morgan fingerprint density at radius 3 is 2.77 bits per heavy atom. The van der Waals surface area contributed by atoms with Gasteiger partial charge >= 0.3 is 0 Å². The second-order valence-electron chi connectivity index (χ2n) is 8.90. The van der Waals surface area contributed by atoms with Crippen molar-refractivity contribution in [3.63, 3.8) is 0 Å². The molecule has 2 heterocycles. The number of aromatic nitrogens is 2. The lowest BCUT2D eigenvalue weighted by Gasteiger charge is -2.14. The summed E-state index contributed by atoms with van der Waals surface area (Å²) in [4.78, 5) is 23.2. The fraction of sp³-hybridized carbons (Fsp3) is 0.360. The number of nitro benzene ring substituents is 1. The number of ether oxygens (including phenoxy) is 3. The fourth-order valence-electron chi connectivity index (χ4n) is 4.06. The largest absolute Gasteiger partial charge is 0.437 e. The zero-order chi connectivity index (χ0) is 28.9. The lowest BCUT2D eigenvalue weighted by molar-refractivity contribution is -0.385. The van der Waals surface area contributed by atoms with E-state index in [1.807, 2.05) is 0 Å². The normalized spacial score (nSPS) is 15.2. The van der Waals surface area contributed by atoms with Gasteiger partial charge in [-0.15, -0.1) is 0 Å². The Bertz CT molecular complexity index is 1500. The van der Waals surface area contributed by atoms with Crippen LogP contribution in [0.5, 0.6) is 11.6 Å². The molecule has 40 heavy (non-hydrogen) atoms. The first-order valence-electron chi connectivity index (χ1n) is 12.3. The summed E-state index contributed by atoms with van der Waals surface area (Å²) in [5.41, 5.74) is -0.102. The summed E-state index contributed by atoms with van der Waals surface area (Å²) >= 11 is 0. The summed E-state index contributed by atoms with van der Waals surface area (Å²) < 4.78 is 60.2. The quantitative estimate of drug-likeness (QED) is 0.187. The average molecular weight is 578 g/mol. The zero-order valence-corrected chi connectivity index (χ0v) is 22.6. The van der Waals surface area contributed by atoms with Gasteiger partial charge in [0.15, 0.2) is 5.69 Å². The predicted molar refractivity (Wildman–Crippen MR) is 140 cm³/mol. The summed E-state index contributed by atoms with van der Waals surface area (Å²) in [6.45, 7) is 2.37. The summed E-state index contributed by atoms with van der Waals surface area (Å²) in [5, 5.41) is 18.5. The highest BCUT2D eigenvalue weighted by molar-refractivity contribution is 7.89. The number of rotatable bonds is 12. The molecule has 0 aliphatic carbocycles. The van der Waals surface area contributed by atoms with E-state index >= 15 is 0 Å². The van der Waals surface area contributed by atoms with Crippen LogP contribution in [0.4, 0.5) is 10.1 Å². The number of nitrogens with one attached hydrogen (secondary N) is 2. The van der Waals surface area contributed by atoms with E-state index < -0.39 is 37.3 Å². The number of amides is 1. The summed E-state index contributed by atoms with van der Waals surface area (Å²) in [6, 6.07) is 8.41. The van der Waals surface area contributed by atoms with Crippen LogP contribution in [0.1, 0.15) is 28.9 Å². The molecule has 1 amide bonds. The van der Waals surface area contributed by atoms with Gasteiger partial charge in [-0.05, 0) is 44.0 Å². The van der Waals surface area contributed by atoms with Crippen molar-refractivity contribution in [3.8, 4) is 17.3 Å². The molecule has 1 atom stereocenters. The molecule has 15 heteroatoms. The van der Waals surface area contributed by atoms with Crippen LogP contribution in [0.3, 0.4) is 0 Å². The van der Waals surface area contributed by atoms with Crippen molar-refractivity contribution in [2.75, 3.05) is 33.4 Å². The van der Waals surface area contributed by atoms with Crippen LogP contribution in [-0.4, -0.2) is 68.5 Å². The van der Waals surface area contributed by atoms with Gasteiger partial charge in [-0.1, -0.05) is 6.07 Å². The van der Waals surface area contributed by atoms with Crippen LogP contribution in [0, 0.1) is 22.9 Å². The molecule has 1 aromatic heterocycles. The van der Waals surface area contributed by atoms with Gasteiger partial charge in [0, 0.05) is 44.5 Å². The number of sulfonamides is 1. The number of nitro groups is 1. The van der Waals surface area contributed by atoms with E-state index in [2.05, 4.69) is 15.1 Å². The number of nitrogens with zero attached hydrogens (tertiary/aromatic N) is 3. The molecular formula is C25H28FN5O8S. The van der Waals surface area contributed by atoms with Crippen molar-refractivity contribution in [2.45, 2.75) is 30.8 Å². The van der Waals surface area contributed by atoms with Crippen molar-refractivity contribution < 1.29 is 36.7 Å². The molecule has 1 fully saturated rings. The molecule has 0 radical (unpaired) electrons. The number of carbonyl (C=O) groups is 1. The number of hydrogen-bond acceptors (Lipinski definition) is 9. The molecule has 0 spiro atoms. The van der Waals surface area contributed by atoms with Gasteiger partial charge in [-0.25, -0.2) is 17.5 Å². The number of carbonyl (C=O) groups excluding carboxylic acids is 1. The van der Waals surface area contributed by atoms with Gasteiger partial charge in [0.05, 0.1) is 23.3 Å². The van der Waals surface area contributed by atoms with E-state index in [0.29, 0.717) is 6.61 Å². The Labute approximate surface area is 229 Å². The molecule has 1 aliphatic rings. The van der Waals surface area contributed by atoms with Crippen molar-refractivity contribution >= 4 is 21.6 Å². The third-order valence-corrected chi connectivity index (χ3v) is 7.57. The topological polar surface area (TPSA) is 164 Å². The standard InChI is InChI=1S/C25H28FN5O8S/c1-16-23(24(32)27-15-20-7-4-11-38-20)29-30(18-6-3-5-17(26)13-18)25(16)39-21-9-8-19(31(33)34)14-22(21)40(35,36)28-10-12-37-2/h3,5-6,8-9,13-14,20,28H,4,7,10-12,15H2,1-2H3,(H,27,32). The van der Waals surface area contributed by atoms with Gasteiger partial charge in [0.2, 0.25) is 15.9 Å². The highest BCUT2D eigenvalue weighted by Gasteiger charge is 2.28. The van der Waals surface area contributed by atoms with Crippen LogP contribution in [-0.2, 0) is 19.5 Å². The van der Waals surface area contributed by atoms with Gasteiger partial charge in [-0.2, -0.15) is 9.78 Å². The SMILES string of the molecule is COCCNS(=O)(=O)c1cc([N+](=O)[O-])ccc1Oc1c(C)c(C(=O)NCC2CCCO2)nn1-c1cccc(F)c1. The van der Waals surface area contributed by atoms with Crippen LogP contribution in [0.25, 0.3) is 5.69 Å². The lowest BCUT2D eigenvalue weighted by atomic mass is 10.2. The fourth-order valence-corrected chi connectivity index (χ4v) is 5.22. The van der Waals surface area contributed by atoms with Crippen LogP contribution in [0.15, 0.2) is 47.4 Å².